The predicted octanol–water partition coefficient (Wildman–Crippen LogP) is 5.50. The maximum Gasteiger partial charge on any atom is 0.296 e. The van der Waals surface area contributed by atoms with E-state index in [9.17, 15) is 14.7 Å². The molecule has 1 aliphatic rings. The number of nitrogens with zero attached hydrogens (tertiary/aromatic N) is 2. The molecule has 36 heavy (non-hydrogen) atoms. The number of aliphatic hydroxyl groups excluding tert-OH is 1. The number of aromatic nitrogens is 1. The summed E-state index contributed by atoms with van der Waals surface area (Å²) in [7, 11) is 3.12. The SMILES string of the molecule is COc1cccc(C2C(C(=O)C=Cc3ccccc3)=C(O)C(=O)N2c2nc3ccc(OC)cc3s2)c1. The average molecular weight is 499 g/mol. The molecule has 7 nitrogen and oxygen atoms in total. The van der Waals surface area contributed by atoms with Crippen molar-refractivity contribution < 1.29 is 24.2 Å². The molecule has 1 amide bonds. The number of allylic oxidation sites excluding steroid dienone is 1. The van der Waals surface area contributed by atoms with E-state index in [1.54, 1.807) is 56.7 Å². The summed E-state index contributed by atoms with van der Waals surface area (Å²) >= 11 is 1.28. The van der Waals surface area contributed by atoms with Gasteiger partial charge in [0.1, 0.15) is 11.5 Å². The van der Waals surface area contributed by atoms with Gasteiger partial charge in [-0.05, 0) is 47.5 Å². The lowest BCUT2D eigenvalue weighted by molar-refractivity contribution is -0.117. The Morgan fingerprint density at radius 3 is 2.50 bits per heavy atom. The van der Waals surface area contributed by atoms with Gasteiger partial charge in [-0.3, -0.25) is 14.5 Å². The highest BCUT2D eigenvalue weighted by atomic mass is 32.1. The van der Waals surface area contributed by atoms with Gasteiger partial charge in [0, 0.05) is 0 Å². The third kappa shape index (κ3) is 4.23. The molecular formula is C28H22N2O5S. The Morgan fingerprint density at radius 1 is 1.00 bits per heavy atom. The Kier molecular flexibility index (Phi) is 6.26. The fraction of sp³-hybridized carbons (Fsp3) is 0.107. The smallest absolute Gasteiger partial charge is 0.296 e. The lowest BCUT2D eigenvalue weighted by Crippen LogP contribution is -2.30. The third-order valence-electron chi connectivity index (χ3n) is 5.90. The molecule has 2 heterocycles. The fourth-order valence-corrected chi connectivity index (χ4v) is 5.15. The number of anilines is 1. The van der Waals surface area contributed by atoms with Crippen molar-refractivity contribution in [3.8, 4) is 11.5 Å². The lowest BCUT2D eigenvalue weighted by Gasteiger charge is -2.24. The number of ketones is 1. The molecule has 0 spiro atoms. The van der Waals surface area contributed by atoms with E-state index >= 15 is 0 Å². The molecule has 1 aliphatic heterocycles. The molecule has 4 aromatic rings. The lowest BCUT2D eigenvalue weighted by atomic mass is 9.95. The van der Waals surface area contributed by atoms with E-state index in [1.165, 1.54) is 22.3 Å². The van der Waals surface area contributed by atoms with Gasteiger partial charge in [-0.2, -0.15) is 0 Å². The first-order valence-corrected chi connectivity index (χ1v) is 11.9. The first-order chi connectivity index (χ1) is 17.5. The van der Waals surface area contributed by atoms with Gasteiger partial charge in [0.2, 0.25) is 0 Å². The third-order valence-corrected chi connectivity index (χ3v) is 6.92. The van der Waals surface area contributed by atoms with Crippen LogP contribution in [0.5, 0.6) is 11.5 Å². The van der Waals surface area contributed by atoms with Gasteiger partial charge in [0.05, 0.1) is 36.1 Å². The molecule has 3 aromatic carbocycles. The number of methoxy groups -OCH3 is 2. The van der Waals surface area contributed by atoms with Crippen LogP contribution in [0.4, 0.5) is 5.13 Å². The number of aliphatic hydroxyl groups is 1. The number of amides is 1. The Labute approximate surface area is 211 Å². The van der Waals surface area contributed by atoms with E-state index in [0.717, 1.165) is 10.3 Å². The summed E-state index contributed by atoms with van der Waals surface area (Å²) < 4.78 is 11.5. The van der Waals surface area contributed by atoms with Crippen LogP contribution >= 0.6 is 11.3 Å². The van der Waals surface area contributed by atoms with Crippen LogP contribution in [0, 0.1) is 0 Å². The highest BCUT2D eigenvalue weighted by molar-refractivity contribution is 7.22. The number of rotatable bonds is 7. The summed E-state index contributed by atoms with van der Waals surface area (Å²) in [5, 5.41) is 11.3. The number of carbonyl (C=O) groups is 2. The number of hydrogen-bond acceptors (Lipinski definition) is 7. The number of thiazole rings is 1. The van der Waals surface area contributed by atoms with Gasteiger partial charge in [-0.15, -0.1) is 0 Å². The van der Waals surface area contributed by atoms with Crippen molar-refractivity contribution in [2.75, 3.05) is 19.1 Å². The highest BCUT2D eigenvalue weighted by Crippen LogP contribution is 2.44. The average Bonchev–Trinajstić information content (AvgIpc) is 3.45. The van der Waals surface area contributed by atoms with Crippen LogP contribution in [0.2, 0.25) is 0 Å². The zero-order valence-electron chi connectivity index (χ0n) is 19.5. The molecule has 1 aromatic heterocycles. The summed E-state index contributed by atoms with van der Waals surface area (Å²) in [6.07, 6.45) is 3.02. The van der Waals surface area contributed by atoms with E-state index in [4.69, 9.17) is 9.47 Å². The first kappa shape index (κ1) is 23.3. The monoisotopic (exact) mass is 498 g/mol. The maximum absolute atomic E-state index is 13.4. The van der Waals surface area contributed by atoms with Crippen molar-refractivity contribution in [2.24, 2.45) is 0 Å². The van der Waals surface area contributed by atoms with Gasteiger partial charge >= 0.3 is 0 Å². The molecule has 5 rings (SSSR count). The molecule has 1 N–H and O–H groups in total. The molecule has 0 bridgehead atoms. The highest BCUT2D eigenvalue weighted by Gasteiger charge is 2.45. The molecule has 0 saturated heterocycles. The van der Waals surface area contributed by atoms with Crippen LogP contribution in [0.15, 0.2) is 90.2 Å². The Morgan fingerprint density at radius 2 is 1.75 bits per heavy atom. The largest absolute Gasteiger partial charge is 0.503 e. The standard InChI is InChI=1S/C28H22N2O5S/c1-34-19-10-6-9-18(15-19)25-24(22(31)14-11-17-7-4-3-5-8-17)26(32)27(33)30(25)28-29-21-13-12-20(35-2)16-23(21)36-28/h3-16,25,32H,1-2H3. The minimum atomic E-state index is -0.886. The minimum Gasteiger partial charge on any atom is -0.503 e. The van der Waals surface area contributed by atoms with Gasteiger partial charge in [0.25, 0.3) is 5.91 Å². The second-order valence-electron chi connectivity index (χ2n) is 8.05. The normalized spacial score (nSPS) is 15.8. The summed E-state index contributed by atoms with van der Waals surface area (Å²) in [6.45, 7) is 0. The zero-order chi connectivity index (χ0) is 25.2. The second-order valence-corrected chi connectivity index (χ2v) is 9.06. The molecule has 1 unspecified atom stereocenters. The Bertz CT molecular complexity index is 1520. The van der Waals surface area contributed by atoms with Crippen molar-refractivity contribution in [2.45, 2.75) is 6.04 Å². The fourth-order valence-electron chi connectivity index (χ4n) is 4.13. The molecule has 1 atom stereocenters. The van der Waals surface area contributed by atoms with Crippen LogP contribution in [0.1, 0.15) is 17.2 Å². The van der Waals surface area contributed by atoms with Crippen molar-refractivity contribution in [3.05, 3.63) is 101 Å². The Balaban J connectivity index is 1.61. The van der Waals surface area contributed by atoms with Gasteiger partial charge in [0.15, 0.2) is 16.7 Å². The molecule has 8 heteroatoms. The molecular weight excluding hydrogens is 476 g/mol. The summed E-state index contributed by atoms with van der Waals surface area (Å²) in [5.74, 6) is -0.528. The summed E-state index contributed by atoms with van der Waals surface area (Å²) in [6, 6.07) is 20.9. The van der Waals surface area contributed by atoms with Gasteiger partial charge in [-0.1, -0.05) is 59.9 Å². The van der Waals surface area contributed by atoms with E-state index < -0.39 is 23.5 Å². The van der Waals surface area contributed by atoms with Crippen LogP contribution < -0.4 is 14.4 Å². The maximum atomic E-state index is 13.4. The number of fused-ring (bicyclic) bond motifs is 1. The number of ether oxygens (including phenoxy) is 2. The number of carbonyl (C=O) groups excluding carboxylic acids is 2. The number of hydrogen-bond donors (Lipinski definition) is 1. The molecule has 0 fully saturated rings. The topological polar surface area (TPSA) is 89.0 Å². The summed E-state index contributed by atoms with van der Waals surface area (Å²) in [5.41, 5.74) is 2.10. The molecule has 0 saturated carbocycles. The first-order valence-electron chi connectivity index (χ1n) is 11.1. The quantitative estimate of drug-likeness (QED) is 0.339. The van der Waals surface area contributed by atoms with Gasteiger partial charge in [-0.25, -0.2) is 4.98 Å². The zero-order valence-corrected chi connectivity index (χ0v) is 20.4. The van der Waals surface area contributed by atoms with Crippen LogP contribution in [-0.4, -0.2) is 36.0 Å². The second kappa shape index (κ2) is 9.67. The Hall–Kier alpha value is -4.43. The van der Waals surface area contributed by atoms with Crippen molar-refractivity contribution in [1.29, 1.82) is 0 Å². The summed E-state index contributed by atoms with van der Waals surface area (Å²) in [4.78, 5) is 32.8. The van der Waals surface area contributed by atoms with E-state index in [0.29, 0.717) is 27.7 Å². The number of benzene rings is 3. The van der Waals surface area contributed by atoms with Crippen molar-refractivity contribution in [3.63, 3.8) is 0 Å². The molecule has 180 valence electrons. The van der Waals surface area contributed by atoms with Crippen LogP contribution in [0.25, 0.3) is 16.3 Å². The molecule has 0 radical (unpaired) electrons. The minimum absolute atomic E-state index is 0.0164. The van der Waals surface area contributed by atoms with E-state index in [2.05, 4.69) is 4.98 Å². The van der Waals surface area contributed by atoms with E-state index in [1.807, 2.05) is 36.4 Å². The van der Waals surface area contributed by atoms with Crippen molar-refractivity contribution >= 4 is 44.5 Å². The van der Waals surface area contributed by atoms with Crippen LogP contribution in [-0.2, 0) is 9.59 Å². The van der Waals surface area contributed by atoms with Crippen molar-refractivity contribution in [1.82, 2.24) is 4.98 Å². The van der Waals surface area contributed by atoms with E-state index in [-0.39, 0.29) is 5.57 Å². The molecule has 0 aliphatic carbocycles. The predicted molar refractivity (Wildman–Crippen MR) is 140 cm³/mol. The van der Waals surface area contributed by atoms with Gasteiger partial charge < -0.3 is 14.6 Å². The van der Waals surface area contributed by atoms with Crippen LogP contribution in [0.3, 0.4) is 0 Å².